The standard InChI is InChI=1S/C29H33N5O2/c1-19(17-30)18-31-28-24-16-21(9-8-20(24)10-15-27(28)36-4)25-6-5-7-26(33-25)29(35)32-22-11-13-23(14-12-22)34(2)3/h5-10,15-16,22-23,31H,1,11-14,18H2,2-4H3,(H,32,35)/t22-,23+. The number of carbonyl (C=O) groups excluding carboxylic acids is 1. The lowest BCUT2D eigenvalue weighted by Gasteiger charge is -2.32. The molecule has 0 atom stereocenters. The van der Waals surface area contributed by atoms with Gasteiger partial charge in [0, 0.05) is 35.2 Å². The van der Waals surface area contributed by atoms with Gasteiger partial charge >= 0.3 is 0 Å². The summed E-state index contributed by atoms with van der Waals surface area (Å²) in [6.07, 6.45) is 4.14. The molecule has 4 rings (SSSR count). The maximum absolute atomic E-state index is 13.0. The molecule has 0 aliphatic heterocycles. The minimum atomic E-state index is -0.134. The Bertz CT molecular complexity index is 1300. The first kappa shape index (κ1) is 25.2. The number of ether oxygens (including phenoxy) is 1. The molecular weight excluding hydrogens is 450 g/mol. The average molecular weight is 484 g/mol. The molecule has 0 unspecified atom stereocenters. The molecule has 1 heterocycles. The molecule has 1 aliphatic carbocycles. The number of hydrogen-bond donors (Lipinski definition) is 2. The summed E-state index contributed by atoms with van der Waals surface area (Å²) < 4.78 is 5.56. The van der Waals surface area contributed by atoms with Gasteiger partial charge in [0.2, 0.25) is 0 Å². The summed E-state index contributed by atoms with van der Waals surface area (Å²) in [7, 11) is 5.85. The predicted octanol–water partition coefficient (Wildman–Crippen LogP) is 5.00. The van der Waals surface area contributed by atoms with Crippen LogP contribution < -0.4 is 15.4 Å². The van der Waals surface area contributed by atoms with Crippen molar-refractivity contribution in [2.45, 2.75) is 37.8 Å². The van der Waals surface area contributed by atoms with Crippen LogP contribution in [0, 0.1) is 11.3 Å². The zero-order valence-electron chi connectivity index (χ0n) is 21.2. The summed E-state index contributed by atoms with van der Waals surface area (Å²) in [4.78, 5) is 20.0. The quantitative estimate of drug-likeness (QED) is 0.438. The highest BCUT2D eigenvalue weighted by Crippen LogP contribution is 2.35. The van der Waals surface area contributed by atoms with Gasteiger partial charge in [-0.1, -0.05) is 30.8 Å². The lowest BCUT2D eigenvalue weighted by atomic mass is 9.90. The number of carbonyl (C=O) groups is 1. The van der Waals surface area contributed by atoms with Crippen molar-refractivity contribution in [3.8, 4) is 23.1 Å². The number of nitriles is 1. The number of rotatable bonds is 8. The summed E-state index contributed by atoms with van der Waals surface area (Å²) in [5.41, 5.74) is 3.24. The zero-order valence-corrected chi connectivity index (χ0v) is 21.2. The normalized spacial score (nSPS) is 17.4. The van der Waals surface area contributed by atoms with Crippen LogP contribution in [0.25, 0.3) is 22.0 Å². The van der Waals surface area contributed by atoms with Gasteiger partial charge in [0.1, 0.15) is 11.4 Å². The first-order valence-corrected chi connectivity index (χ1v) is 12.3. The van der Waals surface area contributed by atoms with E-state index in [1.165, 1.54) is 0 Å². The van der Waals surface area contributed by atoms with E-state index in [1.807, 2.05) is 42.5 Å². The Balaban J connectivity index is 1.57. The second-order valence-electron chi connectivity index (χ2n) is 9.50. The SMILES string of the molecule is C=C(C#N)CNc1c(OC)ccc2ccc(-c3cccc(C(=O)N[C@H]4CC[C@@H](N(C)C)CC4)n3)cc12. The van der Waals surface area contributed by atoms with Crippen molar-refractivity contribution < 1.29 is 9.53 Å². The number of methoxy groups -OCH3 is 1. The van der Waals surface area contributed by atoms with E-state index in [0.717, 1.165) is 53.4 Å². The largest absolute Gasteiger partial charge is 0.495 e. The van der Waals surface area contributed by atoms with E-state index in [9.17, 15) is 4.79 Å². The summed E-state index contributed by atoms with van der Waals surface area (Å²) in [6.45, 7) is 4.07. The summed E-state index contributed by atoms with van der Waals surface area (Å²) in [5.74, 6) is 0.542. The van der Waals surface area contributed by atoms with Crippen molar-refractivity contribution in [3.05, 3.63) is 66.4 Å². The fraction of sp³-hybridized carbons (Fsp3) is 0.345. The Hall–Kier alpha value is -3.89. The Labute approximate surface area is 212 Å². The summed E-state index contributed by atoms with van der Waals surface area (Å²) in [6, 6.07) is 18.3. The third-order valence-corrected chi connectivity index (χ3v) is 6.88. The van der Waals surface area contributed by atoms with Gasteiger partial charge in [-0.2, -0.15) is 5.26 Å². The van der Waals surface area contributed by atoms with E-state index in [0.29, 0.717) is 29.6 Å². The molecule has 1 amide bonds. The monoisotopic (exact) mass is 483 g/mol. The van der Waals surface area contributed by atoms with Gasteiger partial charge in [0.05, 0.1) is 24.6 Å². The minimum Gasteiger partial charge on any atom is -0.495 e. The van der Waals surface area contributed by atoms with Crippen molar-refractivity contribution in [2.75, 3.05) is 33.1 Å². The number of fused-ring (bicyclic) bond motifs is 1. The third-order valence-electron chi connectivity index (χ3n) is 6.88. The van der Waals surface area contributed by atoms with Crippen molar-refractivity contribution in [1.82, 2.24) is 15.2 Å². The first-order chi connectivity index (χ1) is 17.4. The molecule has 0 bridgehead atoms. The van der Waals surface area contributed by atoms with Gasteiger partial charge in [-0.25, -0.2) is 4.98 Å². The van der Waals surface area contributed by atoms with Crippen molar-refractivity contribution in [1.29, 1.82) is 5.26 Å². The molecule has 0 radical (unpaired) electrons. The zero-order chi connectivity index (χ0) is 25.7. The Morgan fingerprint density at radius 2 is 1.92 bits per heavy atom. The van der Waals surface area contributed by atoms with Crippen LogP contribution in [0.2, 0.25) is 0 Å². The van der Waals surface area contributed by atoms with Gasteiger partial charge < -0.3 is 20.3 Å². The number of hydrogen-bond acceptors (Lipinski definition) is 6. The lowest BCUT2D eigenvalue weighted by molar-refractivity contribution is 0.0911. The van der Waals surface area contributed by atoms with E-state index in [2.05, 4.69) is 47.3 Å². The molecular formula is C29H33N5O2. The van der Waals surface area contributed by atoms with Crippen LogP contribution in [0.15, 0.2) is 60.7 Å². The number of benzene rings is 2. The molecule has 1 saturated carbocycles. The van der Waals surface area contributed by atoms with E-state index >= 15 is 0 Å². The van der Waals surface area contributed by atoms with Gasteiger partial charge in [-0.3, -0.25) is 4.79 Å². The molecule has 7 heteroatoms. The van der Waals surface area contributed by atoms with Crippen LogP contribution in [0.3, 0.4) is 0 Å². The van der Waals surface area contributed by atoms with Crippen LogP contribution in [0.4, 0.5) is 5.69 Å². The molecule has 1 aromatic heterocycles. The number of aromatic nitrogens is 1. The fourth-order valence-corrected chi connectivity index (χ4v) is 4.76. The van der Waals surface area contributed by atoms with E-state index in [1.54, 1.807) is 13.2 Å². The topological polar surface area (TPSA) is 90.3 Å². The summed E-state index contributed by atoms with van der Waals surface area (Å²) >= 11 is 0. The summed E-state index contributed by atoms with van der Waals surface area (Å²) in [5, 5.41) is 17.5. The number of nitrogens with one attached hydrogen (secondary N) is 2. The predicted molar refractivity (Wildman–Crippen MR) is 144 cm³/mol. The van der Waals surface area contributed by atoms with Gasteiger partial charge in [-0.15, -0.1) is 0 Å². The van der Waals surface area contributed by atoms with Crippen LogP contribution in [-0.4, -0.2) is 55.6 Å². The van der Waals surface area contributed by atoms with Crippen LogP contribution in [-0.2, 0) is 0 Å². The molecule has 1 fully saturated rings. The Morgan fingerprint density at radius 3 is 2.61 bits per heavy atom. The van der Waals surface area contributed by atoms with Crippen molar-refractivity contribution >= 4 is 22.4 Å². The number of pyridine rings is 1. The molecule has 2 N–H and O–H groups in total. The van der Waals surface area contributed by atoms with E-state index in [-0.39, 0.29) is 11.9 Å². The van der Waals surface area contributed by atoms with Crippen LogP contribution in [0.5, 0.6) is 5.75 Å². The molecule has 36 heavy (non-hydrogen) atoms. The molecule has 2 aromatic carbocycles. The first-order valence-electron chi connectivity index (χ1n) is 12.3. The maximum atomic E-state index is 13.0. The highest BCUT2D eigenvalue weighted by Gasteiger charge is 2.24. The molecule has 7 nitrogen and oxygen atoms in total. The second-order valence-corrected chi connectivity index (χ2v) is 9.50. The van der Waals surface area contributed by atoms with E-state index < -0.39 is 0 Å². The fourth-order valence-electron chi connectivity index (χ4n) is 4.76. The van der Waals surface area contributed by atoms with Crippen molar-refractivity contribution in [3.63, 3.8) is 0 Å². The smallest absolute Gasteiger partial charge is 0.270 e. The number of anilines is 1. The molecule has 0 saturated heterocycles. The van der Waals surface area contributed by atoms with Crippen LogP contribution in [0.1, 0.15) is 36.2 Å². The van der Waals surface area contributed by atoms with Gasteiger partial charge in [0.25, 0.3) is 5.91 Å². The van der Waals surface area contributed by atoms with Gasteiger partial charge in [-0.05, 0) is 69.4 Å². The third kappa shape index (κ3) is 5.67. The number of amides is 1. The van der Waals surface area contributed by atoms with Crippen molar-refractivity contribution in [2.24, 2.45) is 0 Å². The highest BCUT2D eigenvalue weighted by atomic mass is 16.5. The second kappa shape index (κ2) is 11.2. The average Bonchev–Trinajstić information content (AvgIpc) is 2.91. The molecule has 186 valence electrons. The Kier molecular flexibility index (Phi) is 7.87. The minimum absolute atomic E-state index is 0.134. The van der Waals surface area contributed by atoms with Crippen LogP contribution >= 0.6 is 0 Å². The number of nitrogens with zero attached hydrogens (tertiary/aromatic N) is 3. The highest BCUT2D eigenvalue weighted by molar-refractivity contribution is 5.99. The Morgan fingerprint density at radius 1 is 1.17 bits per heavy atom. The lowest BCUT2D eigenvalue weighted by Crippen LogP contribution is -2.42. The molecule has 3 aromatic rings. The van der Waals surface area contributed by atoms with E-state index in [4.69, 9.17) is 10.00 Å². The maximum Gasteiger partial charge on any atom is 0.270 e. The van der Waals surface area contributed by atoms with Gasteiger partial charge in [0.15, 0.2) is 0 Å². The molecule has 0 spiro atoms. The molecule has 1 aliphatic rings.